The molecular formula is C23H16ClN5O5. The summed E-state index contributed by atoms with van der Waals surface area (Å²) in [5, 5.41) is 18.3. The molecule has 0 radical (unpaired) electrons. The first-order valence-corrected chi connectivity index (χ1v) is 10.2. The number of aromatic nitrogens is 2. The van der Waals surface area contributed by atoms with E-state index in [0.717, 1.165) is 0 Å². The van der Waals surface area contributed by atoms with Gasteiger partial charge in [-0.3, -0.25) is 19.7 Å². The molecule has 4 aromatic rings. The van der Waals surface area contributed by atoms with Crippen LogP contribution in [0, 0.1) is 10.1 Å². The molecule has 1 aromatic heterocycles. The third-order valence-electron chi connectivity index (χ3n) is 4.69. The molecule has 2 amide bonds. The SMILES string of the molecule is NC(=O)c1ccn(-c2ccc(NC(=O)c3ccc(Oc4ccc(Cl)cc4[N+](=O)[O-])cc3)cc2)n1. The van der Waals surface area contributed by atoms with Gasteiger partial charge in [-0.1, -0.05) is 11.6 Å². The zero-order chi connectivity index (χ0) is 24.2. The number of amides is 2. The Bertz CT molecular complexity index is 1380. The van der Waals surface area contributed by atoms with E-state index in [1.165, 1.54) is 53.2 Å². The highest BCUT2D eigenvalue weighted by atomic mass is 35.5. The van der Waals surface area contributed by atoms with Crippen LogP contribution in [0.15, 0.2) is 79.0 Å². The number of ether oxygens (including phenoxy) is 1. The van der Waals surface area contributed by atoms with Crippen LogP contribution in [0.25, 0.3) is 5.69 Å². The lowest BCUT2D eigenvalue weighted by Gasteiger charge is -2.09. The number of nitrogens with two attached hydrogens (primary N) is 1. The third kappa shape index (κ3) is 5.03. The number of nitro benzene ring substituents is 1. The van der Waals surface area contributed by atoms with Crippen molar-refractivity contribution in [1.82, 2.24) is 9.78 Å². The van der Waals surface area contributed by atoms with E-state index in [-0.39, 0.29) is 28.1 Å². The summed E-state index contributed by atoms with van der Waals surface area (Å²) in [6.07, 6.45) is 1.61. The predicted octanol–water partition coefficient (Wildman–Crippen LogP) is 4.58. The van der Waals surface area contributed by atoms with Crippen LogP contribution in [0.5, 0.6) is 11.5 Å². The largest absolute Gasteiger partial charge is 0.450 e. The molecule has 0 aliphatic carbocycles. The molecule has 34 heavy (non-hydrogen) atoms. The maximum Gasteiger partial charge on any atom is 0.313 e. The monoisotopic (exact) mass is 477 g/mol. The maximum atomic E-state index is 12.6. The summed E-state index contributed by atoms with van der Waals surface area (Å²) in [4.78, 5) is 34.4. The number of carbonyl (C=O) groups is 2. The van der Waals surface area contributed by atoms with Crippen molar-refractivity contribution < 1.29 is 19.2 Å². The van der Waals surface area contributed by atoms with Crippen molar-refractivity contribution in [2.45, 2.75) is 0 Å². The van der Waals surface area contributed by atoms with Gasteiger partial charge in [0.05, 0.1) is 10.6 Å². The number of primary amides is 1. The van der Waals surface area contributed by atoms with Crippen molar-refractivity contribution in [3.63, 3.8) is 0 Å². The highest BCUT2D eigenvalue weighted by Crippen LogP contribution is 2.33. The molecule has 10 nitrogen and oxygen atoms in total. The molecule has 0 aliphatic rings. The van der Waals surface area contributed by atoms with Crippen LogP contribution in [0.1, 0.15) is 20.8 Å². The number of halogens is 1. The fourth-order valence-electron chi connectivity index (χ4n) is 3.02. The highest BCUT2D eigenvalue weighted by molar-refractivity contribution is 6.30. The molecular weight excluding hydrogens is 462 g/mol. The second-order valence-electron chi connectivity index (χ2n) is 7.01. The first-order valence-electron chi connectivity index (χ1n) is 9.79. The quantitative estimate of drug-likeness (QED) is 0.294. The van der Waals surface area contributed by atoms with Gasteiger partial charge in [0.15, 0.2) is 0 Å². The van der Waals surface area contributed by atoms with Crippen LogP contribution in [0.4, 0.5) is 11.4 Å². The number of nitrogens with one attached hydrogen (secondary N) is 1. The Morgan fingerprint density at radius 2 is 1.74 bits per heavy atom. The van der Waals surface area contributed by atoms with Crippen LogP contribution in [0.2, 0.25) is 5.02 Å². The van der Waals surface area contributed by atoms with Gasteiger partial charge in [0.2, 0.25) is 5.75 Å². The molecule has 0 spiro atoms. The molecule has 0 aliphatic heterocycles. The molecule has 3 aromatic carbocycles. The number of benzene rings is 3. The Balaban J connectivity index is 1.42. The standard InChI is InChI=1S/C23H16ClN5O5/c24-15-3-10-21(20(13-15)29(32)33)34-18-8-1-14(2-9-18)23(31)26-16-4-6-17(7-5-16)28-12-11-19(27-28)22(25)30/h1-13H,(H2,25,30)(H,26,31). The molecule has 11 heteroatoms. The number of hydrogen-bond donors (Lipinski definition) is 2. The van der Waals surface area contributed by atoms with Crippen LogP contribution in [0.3, 0.4) is 0 Å². The number of hydrogen-bond acceptors (Lipinski definition) is 6. The number of nitrogens with zero attached hydrogens (tertiary/aromatic N) is 3. The van der Waals surface area contributed by atoms with Crippen molar-refractivity contribution in [2.24, 2.45) is 5.73 Å². The lowest BCUT2D eigenvalue weighted by molar-refractivity contribution is -0.385. The van der Waals surface area contributed by atoms with E-state index in [1.54, 1.807) is 30.5 Å². The van der Waals surface area contributed by atoms with Crippen molar-refractivity contribution in [2.75, 3.05) is 5.32 Å². The summed E-state index contributed by atoms with van der Waals surface area (Å²) in [6.45, 7) is 0. The van der Waals surface area contributed by atoms with Crippen molar-refractivity contribution in [3.8, 4) is 17.2 Å². The average Bonchev–Trinajstić information content (AvgIpc) is 3.32. The zero-order valence-corrected chi connectivity index (χ0v) is 18.1. The van der Waals surface area contributed by atoms with Gasteiger partial charge < -0.3 is 15.8 Å². The van der Waals surface area contributed by atoms with E-state index < -0.39 is 10.8 Å². The maximum absolute atomic E-state index is 12.6. The fraction of sp³-hybridized carbons (Fsp3) is 0. The first-order chi connectivity index (χ1) is 16.3. The van der Waals surface area contributed by atoms with Crippen molar-refractivity contribution in [1.29, 1.82) is 0 Å². The first kappa shape index (κ1) is 22.5. The Morgan fingerprint density at radius 1 is 1.03 bits per heavy atom. The Morgan fingerprint density at radius 3 is 2.35 bits per heavy atom. The average molecular weight is 478 g/mol. The minimum Gasteiger partial charge on any atom is -0.450 e. The van der Waals surface area contributed by atoms with Crippen LogP contribution in [-0.2, 0) is 0 Å². The van der Waals surface area contributed by atoms with Gasteiger partial charge in [0.25, 0.3) is 11.8 Å². The Hall–Kier alpha value is -4.70. The Labute approximate surface area is 197 Å². The van der Waals surface area contributed by atoms with Crippen molar-refractivity contribution >= 4 is 34.8 Å². The van der Waals surface area contributed by atoms with Gasteiger partial charge >= 0.3 is 5.69 Å². The molecule has 0 fully saturated rings. The third-order valence-corrected chi connectivity index (χ3v) is 4.93. The summed E-state index contributed by atoms with van der Waals surface area (Å²) in [5.41, 5.74) is 6.69. The van der Waals surface area contributed by atoms with Gasteiger partial charge in [-0.25, -0.2) is 4.68 Å². The highest BCUT2D eigenvalue weighted by Gasteiger charge is 2.17. The number of nitro groups is 1. The van der Waals surface area contributed by atoms with Crippen LogP contribution < -0.4 is 15.8 Å². The van der Waals surface area contributed by atoms with Crippen LogP contribution in [-0.4, -0.2) is 26.5 Å². The smallest absolute Gasteiger partial charge is 0.313 e. The minimum atomic E-state index is -0.620. The van der Waals surface area contributed by atoms with E-state index in [9.17, 15) is 19.7 Å². The fourth-order valence-corrected chi connectivity index (χ4v) is 3.19. The van der Waals surface area contributed by atoms with Gasteiger partial charge in [-0.05, 0) is 66.7 Å². The van der Waals surface area contributed by atoms with E-state index in [0.29, 0.717) is 22.7 Å². The molecule has 170 valence electrons. The van der Waals surface area contributed by atoms with Crippen molar-refractivity contribution in [3.05, 3.63) is 105 Å². The molecule has 0 atom stereocenters. The summed E-state index contributed by atoms with van der Waals surface area (Å²) in [5.74, 6) is -0.620. The summed E-state index contributed by atoms with van der Waals surface area (Å²) in [7, 11) is 0. The van der Waals surface area contributed by atoms with E-state index in [2.05, 4.69) is 10.4 Å². The number of carbonyl (C=O) groups excluding carboxylic acids is 2. The van der Waals surface area contributed by atoms with Gasteiger partial charge in [0.1, 0.15) is 11.4 Å². The van der Waals surface area contributed by atoms with E-state index in [4.69, 9.17) is 22.1 Å². The lowest BCUT2D eigenvalue weighted by atomic mass is 10.2. The molecule has 0 unspecified atom stereocenters. The molecule has 0 saturated heterocycles. The van der Waals surface area contributed by atoms with Gasteiger partial charge in [-0.15, -0.1) is 0 Å². The number of rotatable bonds is 7. The molecule has 0 saturated carbocycles. The van der Waals surface area contributed by atoms with Gasteiger partial charge in [-0.2, -0.15) is 5.10 Å². The van der Waals surface area contributed by atoms with E-state index >= 15 is 0 Å². The topological polar surface area (TPSA) is 142 Å². The van der Waals surface area contributed by atoms with E-state index in [1.807, 2.05) is 0 Å². The lowest BCUT2D eigenvalue weighted by Crippen LogP contribution is -2.12. The summed E-state index contributed by atoms with van der Waals surface area (Å²) >= 11 is 5.81. The summed E-state index contributed by atoms with van der Waals surface area (Å²) in [6, 6.07) is 18.6. The number of anilines is 1. The summed E-state index contributed by atoms with van der Waals surface area (Å²) < 4.78 is 7.08. The Kier molecular flexibility index (Phi) is 6.24. The molecule has 1 heterocycles. The normalized spacial score (nSPS) is 10.5. The molecule has 3 N–H and O–H groups in total. The predicted molar refractivity (Wildman–Crippen MR) is 125 cm³/mol. The minimum absolute atomic E-state index is 0.0341. The van der Waals surface area contributed by atoms with Crippen LogP contribution >= 0.6 is 11.6 Å². The molecule has 0 bridgehead atoms. The molecule has 4 rings (SSSR count). The second kappa shape index (κ2) is 9.43. The van der Waals surface area contributed by atoms with Gasteiger partial charge in [0, 0.05) is 28.5 Å². The zero-order valence-electron chi connectivity index (χ0n) is 17.3. The second-order valence-corrected chi connectivity index (χ2v) is 7.44.